The molecule has 0 amide bonds. The minimum absolute atomic E-state index is 0.627. The van der Waals surface area contributed by atoms with Gasteiger partial charge in [-0.05, 0) is 70.3 Å². The van der Waals surface area contributed by atoms with Crippen LogP contribution in [0.15, 0.2) is 223 Å². The maximum absolute atomic E-state index is 6.67. The molecule has 12 aromatic rings. The molecule has 0 spiro atoms. The molecule has 0 radical (unpaired) electrons. The molecule has 12 rings (SSSR count). The zero-order valence-corrected chi connectivity index (χ0v) is 33.5. The molecule has 9 aromatic carbocycles. The van der Waals surface area contributed by atoms with Gasteiger partial charge in [0.1, 0.15) is 11.2 Å². The number of furan rings is 1. The van der Waals surface area contributed by atoms with Gasteiger partial charge in [0.25, 0.3) is 0 Å². The first kappa shape index (κ1) is 35.5. The summed E-state index contributed by atoms with van der Waals surface area (Å²) in [7, 11) is 0. The number of para-hydroxylation sites is 2. The second-order valence-electron chi connectivity index (χ2n) is 15.6. The van der Waals surface area contributed by atoms with E-state index < -0.39 is 0 Å². The molecule has 0 saturated heterocycles. The summed E-state index contributed by atoms with van der Waals surface area (Å²) in [6.07, 6.45) is 0. The van der Waals surface area contributed by atoms with Crippen LogP contribution < -0.4 is 0 Å². The molecule has 0 aliphatic heterocycles. The van der Waals surface area contributed by atoms with Crippen molar-refractivity contribution in [2.75, 3.05) is 0 Å². The van der Waals surface area contributed by atoms with Gasteiger partial charge in [-0.2, -0.15) is 0 Å². The first-order valence-corrected chi connectivity index (χ1v) is 20.8. The van der Waals surface area contributed by atoms with Crippen LogP contribution in [0.25, 0.3) is 117 Å². The third-order valence-electron chi connectivity index (χ3n) is 11.9. The molecule has 0 aliphatic rings. The molecule has 5 heteroatoms. The van der Waals surface area contributed by atoms with E-state index in [-0.39, 0.29) is 0 Å². The zero-order valence-electron chi connectivity index (χ0n) is 33.5. The molecular weight excluding hydrogens is 757 g/mol. The number of hydrogen-bond donors (Lipinski definition) is 0. The standard InChI is InChI=1S/C57H36N4O/c1-4-15-37(16-5-1)42-32-34-51-48(35-42)45-22-11-13-25-50(45)61(51)49-24-12-10-21-44(49)46-23-14-26-52-54(46)47-33-31-43(36-53(47)62-52)38-27-29-41(30-28-38)57-59-55(39-17-6-2-7-18-39)58-56(60-57)40-19-8-3-9-20-40/h1-36H. The van der Waals surface area contributed by atoms with Crippen LogP contribution in [0.4, 0.5) is 0 Å². The molecular formula is C57H36N4O. The Labute approximate surface area is 357 Å². The number of benzene rings is 9. The van der Waals surface area contributed by atoms with Crippen LogP contribution in [0.3, 0.4) is 0 Å². The molecule has 0 saturated carbocycles. The van der Waals surface area contributed by atoms with Crippen LogP contribution in [0, 0.1) is 0 Å². The second kappa shape index (κ2) is 14.7. The molecule has 0 N–H and O–H groups in total. The lowest BCUT2D eigenvalue weighted by Crippen LogP contribution is -2.00. The monoisotopic (exact) mass is 792 g/mol. The predicted octanol–water partition coefficient (Wildman–Crippen LogP) is 14.9. The van der Waals surface area contributed by atoms with Crippen molar-refractivity contribution in [3.8, 4) is 73.2 Å². The van der Waals surface area contributed by atoms with Gasteiger partial charge in [-0.15, -0.1) is 0 Å². The first-order chi connectivity index (χ1) is 30.7. The highest BCUT2D eigenvalue weighted by Crippen LogP contribution is 2.43. The predicted molar refractivity (Wildman–Crippen MR) is 254 cm³/mol. The highest BCUT2D eigenvalue weighted by atomic mass is 16.3. The summed E-state index contributed by atoms with van der Waals surface area (Å²) in [5.74, 6) is 1.91. The Morgan fingerprint density at radius 1 is 0.306 bits per heavy atom. The van der Waals surface area contributed by atoms with Crippen molar-refractivity contribution >= 4 is 43.7 Å². The smallest absolute Gasteiger partial charge is 0.164 e. The van der Waals surface area contributed by atoms with E-state index in [0.717, 1.165) is 66.6 Å². The summed E-state index contributed by atoms with van der Waals surface area (Å²) in [5.41, 5.74) is 14.8. The summed E-state index contributed by atoms with van der Waals surface area (Å²) in [4.78, 5) is 14.7. The number of nitrogens with zero attached hydrogens (tertiary/aromatic N) is 4. The Kier molecular flexibility index (Phi) is 8.42. The lowest BCUT2D eigenvalue weighted by Gasteiger charge is -2.15. The fourth-order valence-corrected chi connectivity index (χ4v) is 8.92. The average molecular weight is 793 g/mol. The van der Waals surface area contributed by atoms with E-state index in [1.807, 2.05) is 60.7 Å². The van der Waals surface area contributed by atoms with E-state index in [0.29, 0.717) is 17.5 Å². The largest absolute Gasteiger partial charge is 0.456 e. The van der Waals surface area contributed by atoms with Gasteiger partial charge in [0.15, 0.2) is 17.5 Å². The van der Waals surface area contributed by atoms with Crippen molar-refractivity contribution in [3.05, 3.63) is 218 Å². The molecule has 5 nitrogen and oxygen atoms in total. The number of fused-ring (bicyclic) bond motifs is 6. The van der Waals surface area contributed by atoms with Crippen LogP contribution in [0.5, 0.6) is 0 Å². The van der Waals surface area contributed by atoms with E-state index in [1.54, 1.807) is 0 Å². The van der Waals surface area contributed by atoms with Gasteiger partial charge in [0.05, 0.1) is 16.7 Å². The summed E-state index contributed by atoms with van der Waals surface area (Å²) < 4.78 is 9.09. The van der Waals surface area contributed by atoms with Gasteiger partial charge in [-0.1, -0.05) is 176 Å². The zero-order chi connectivity index (χ0) is 41.0. The Bertz CT molecular complexity index is 3550. The minimum Gasteiger partial charge on any atom is -0.456 e. The van der Waals surface area contributed by atoms with Crippen molar-refractivity contribution in [2.24, 2.45) is 0 Å². The van der Waals surface area contributed by atoms with Crippen LogP contribution in [-0.4, -0.2) is 19.5 Å². The van der Waals surface area contributed by atoms with Crippen LogP contribution in [-0.2, 0) is 0 Å². The van der Waals surface area contributed by atoms with E-state index in [1.165, 1.54) is 32.9 Å². The Hall–Kier alpha value is -8.41. The first-order valence-electron chi connectivity index (χ1n) is 20.8. The molecule has 0 bridgehead atoms. The average Bonchev–Trinajstić information content (AvgIpc) is 3.90. The van der Waals surface area contributed by atoms with Gasteiger partial charge in [-0.25, -0.2) is 15.0 Å². The molecule has 62 heavy (non-hydrogen) atoms. The summed E-state index contributed by atoms with van der Waals surface area (Å²) in [5, 5.41) is 4.63. The van der Waals surface area contributed by atoms with Crippen LogP contribution in [0.2, 0.25) is 0 Å². The van der Waals surface area contributed by atoms with Gasteiger partial charge < -0.3 is 8.98 Å². The van der Waals surface area contributed by atoms with Gasteiger partial charge in [-0.3, -0.25) is 0 Å². The lowest BCUT2D eigenvalue weighted by atomic mass is 9.96. The number of aromatic nitrogens is 4. The molecule has 0 fully saturated rings. The Morgan fingerprint density at radius 3 is 1.52 bits per heavy atom. The van der Waals surface area contributed by atoms with Crippen molar-refractivity contribution in [1.29, 1.82) is 0 Å². The maximum atomic E-state index is 6.67. The van der Waals surface area contributed by atoms with Gasteiger partial charge in [0.2, 0.25) is 0 Å². The molecule has 0 atom stereocenters. The molecule has 290 valence electrons. The third-order valence-corrected chi connectivity index (χ3v) is 11.9. The van der Waals surface area contributed by atoms with Crippen molar-refractivity contribution in [1.82, 2.24) is 19.5 Å². The third kappa shape index (κ3) is 6.06. The fourth-order valence-electron chi connectivity index (χ4n) is 8.92. The summed E-state index contributed by atoms with van der Waals surface area (Å²) in [6.45, 7) is 0. The van der Waals surface area contributed by atoms with Crippen LogP contribution in [0.1, 0.15) is 0 Å². The second-order valence-corrected chi connectivity index (χ2v) is 15.6. The highest BCUT2D eigenvalue weighted by molar-refractivity contribution is 6.15. The van der Waals surface area contributed by atoms with Crippen LogP contribution >= 0.6 is 0 Å². The van der Waals surface area contributed by atoms with Crippen molar-refractivity contribution in [2.45, 2.75) is 0 Å². The highest BCUT2D eigenvalue weighted by Gasteiger charge is 2.20. The van der Waals surface area contributed by atoms with Crippen molar-refractivity contribution in [3.63, 3.8) is 0 Å². The molecule has 3 heterocycles. The van der Waals surface area contributed by atoms with E-state index >= 15 is 0 Å². The SMILES string of the molecule is c1ccc(-c2ccc3c(c2)c2ccccc2n3-c2ccccc2-c2cccc3oc4cc(-c5ccc(-c6nc(-c7ccccc7)nc(-c7ccccc7)n6)cc5)ccc4c23)cc1. The topological polar surface area (TPSA) is 56.7 Å². The fraction of sp³-hybridized carbons (Fsp3) is 0. The molecule has 0 unspecified atom stereocenters. The van der Waals surface area contributed by atoms with Crippen molar-refractivity contribution < 1.29 is 4.42 Å². The Morgan fingerprint density at radius 2 is 0.806 bits per heavy atom. The normalized spacial score (nSPS) is 11.5. The molecule has 3 aromatic heterocycles. The van der Waals surface area contributed by atoms with E-state index in [4.69, 9.17) is 19.4 Å². The number of hydrogen-bond acceptors (Lipinski definition) is 4. The number of rotatable bonds is 7. The minimum atomic E-state index is 0.627. The summed E-state index contributed by atoms with van der Waals surface area (Å²) in [6, 6.07) is 76.4. The molecule has 0 aliphatic carbocycles. The summed E-state index contributed by atoms with van der Waals surface area (Å²) >= 11 is 0. The van der Waals surface area contributed by atoms with Gasteiger partial charge in [0, 0.05) is 43.8 Å². The maximum Gasteiger partial charge on any atom is 0.164 e. The lowest BCUT2D eigenvalue weighted by molar-refractivity contribution is 0.669. The quantitative estimate of drug-likeness (QED) is 0.161. The van der Waals surface area contributed by atoms with E-state index in [9.17, 15) is 0 Å². The van der Waals surface area contributed by atoms with E-state index in [2.05, 4.69) is 162 Å². The van der Waals surface area contributed by atoms with Gasteiger partial charge >= 0.3 is 0 Å². The Balaban J connectivity index is 0.933.